The van der Waals surface area contributed by atoms with Gasteiger partial charge in [0.05, 0.1) is 58.7 Å². The van der Waals surface area contributed by atoms with E-state index >= 15 is 0 Å². The molecule has 0 bridgehead atoms. The molecule has 1 aromatic heterocycles. The SMILES string of the molecule is COCC(OCC(C)(CO)N=C1N=C(N)C(c2cccc(Cl)c2Cl)NN1)c1cc(Cl)c(Cl)c(-c2nnc(NC(C)(CO)CO)nc2N)c1. The van der Waals surface area contributed by atoms with Gasteiger partial charge in [-0.25, -0.2) is 10.4 Å². The van der Waals surface area contributed by atoms with Crippen molar-refractivity contribution < 1.29 is 24.8 Å². The van der Waals surface area contributed by atoms with Crippen LogP contribution in [0, 0.1) is 0 Å². The van der Waals surface area contributed by atoms with Crippen molar-refractivity contribution in [1.29, 1.82) is 0 Å². The molecule has 1 aliphatic rings. The van der Waals surface area contributed by atoms with Crippen LogP contribution in [0.4, 0.5) is 11.8 Å². The lowest BCUT2D eigenvalue weighted by Gasteiger charge is -2.29. The van der Waals surface area contributed by atoms with Gasteiger partial charge in [0.25, 0.3) is 0 Å². The van der Waals surface area contributed by atoms with Crippen LogP contribution in [0.2, 0.25) is 20.1 Å². The predicted molar refractivity (Wildman–Crippen MR) is 186 cm³/mol. The highest BCUT2D eigenvalue weighted by Crippen LogP contribution is 2.38. The van der Waals surface area contributed by atoms with E-state index in [0.29, 0.717) is 26.7 Å². The largest absolute Gasteiger partial charge is 0.394 e. The van der Waals surface area contributed by atoms with Crippen LogP contribution < -0.4 is 27.6 Å². The van der Waals surface area contributed by atoms with E-state index in [1.165, 1.54) is 7.11 Å². The highest BCUT2D eigenvalue weighted by atomic mass is 35.5. The molecule has 0 spiro atoms. The summed E-state index contributed by atoms with van der Waals surface area (Å²) in [6.45, 7) is 2.05. The number of guanidine groups is 1. The summed E-state index contributed by atoms with van der Waals surface area (Å²) >= 11 is 25.6. The molecule has 3 atom stereocenters. The number of aliphatic hydroxyl groups excluding tert-OH is 3. The number of nitrogens with two attached hydrogens (primary N) is 2. The van der Waals surface area contributed by atoms with Crippen LogP contribution in [0.1, 0.15) is 37.1 Å². The fourth-order valence-corrected chi connectivity index (χ4v) is 5.29. The van der Waals surface area contributed by atoms with Gasteiger partial charge >= 0.3 is 0 Å². The number of halogens is 4. The summed E-state index contributed by atoms with van der Waals surface area (Å²) in [5.41, 5.74) is 17.7. The summed E-state index contributed by atoms with van der Waals surface area (Å²) in [6.07, 6.45) is -0.715. The van der Waals surface area contributed by atoms with Gasteiger partial charge in [0.15, 0.2) is 5.82 Å². The predicted octanol–water partition coefficient (Wildman–Crippen LogP) is 2.91. The third-order valence-electron chi connectivity index (χ3n) is 7.28. The zero-order valence-corrected chi connectivity index (χ0v) is 29.2. The number of aromatic nitrogens is 3. The number of methoxy groups -OCH3 is 1. The molecule has 2 heterocycles. The van der Waals surface area contributed by atoms with Gasteiger partial charge in [-0.2, -0.15) is 9.98 Å². The maximum Gasteiger partial charge on any atom is 0.245 e. The highest BCUT2D eigenvalue weighted by Gasteiger charge is 2.30. The minimum Gasteiger partial charge on any atom is -0.394 e. The molecule has 0 radical (unpaired) electrons. The van der Waals surface area contributed by atoms with E-state index in [0.717, 1.165) is 0 Å². The molecule has 0 saturated heterocycles. The fourth-order valence-electron chi connectivity index (χ4n) is 4.45. The Labute approximate surface area is 296 Å². The smallest absolute Gasteiger partial charge is 0.245 e. The molecule has 2 aromatic carbocycles. The first-order valence-corrected chi connectivity index (χ1v) is 15.9. The molecule has 0 saturated carbocycles. The van der Waals surface area contributed by atoms with Crippen molar-refractivity contribution in [3.63, 3.8) is 0 Å². The zero-order chi connectivity index (χ0) is 35.2. The van der Waals surface area contributed by atoms with E-state index in [2.05, 4.69) is 41.3 Å². The maximum absolute atomic E-state index is 10.3. The van der Waals surface area contributed by atoms with Crippen LogP contribution in [0.3, 0.4) is 0 Å². The standard InChI is InChI=1S/C29H36Cl4N10O5/c1-28(10-44,11-45)38-26-37-25(35)23(41-42-26)16-7-14(8-18(31)21(16)33)19(9-47-3)48-13-29(2,12-46)39-27-36-24(34)22(40-43-27)15-5-4-6-17(30)20(15)32/h4-8,19,22,40,44-46H,9-13H2,1-3H3,(H3,34,36,39,43)(H3,35,37,38,42). The van der Waals surface area contributed by atoms with Gasteiger partial charge in [0.1, 0.15) is 29.2 Å². The van der Waals surface area contributed by atoms with Crippen molar-refractivity contribution in [3.05, 3.63) is 61.5 Å². The monoisotopic (exact) mass is 744 g/mol. The van der Waals surface area contributed by atoms with E-state index in [1.807, 2.05) is 0 Å². The van der Waals surface area contributed by atoms with Crippen molar-refractivity contribution in [2.75, 3.05) is 51.2 Å². The number of nitrogens with one attached hydrogen (secondary N) is 3. The summed E-state index contributed by atoms with van der Waals surface area (Å²) in [5, 5.41) is 41.5. The lowest BCUT2D eigenvalue weighted by Crippen LogP contribution is -2.51. The lowest BCUT2D eigenvalue weighted by molar-refractivity contribution is -0.0298. The number of aliphatic imine (C=N–C) groups is 2. The minimum absolute atomic E-state index is 0.0109. The number of anilines is 2. The third-order valence-corrected chi connectivity index (χ3v) is 8.92. The van der Waals surface area contributed by atoms with Crippen molar-refractivity contribution >= 4 is 70.0 Å². The van der Waals surface area contributed by atoms with Crippen LogP contribution in [0.15, 0.2) is 40.3 Å². The zero-order valence-electron chi connectivity index (χ0n) is 26.1. The Morgan fingerprint density at radius 2 is 1.75 bits per heavy atom. The second kappa shape index (κ2) is 16.1. The van der Waals surface area contributed by atoms with E-state index in [4.69, 9.17) is 67.3 Å². The highest BCUT2D eigenvalue weighted by molar-refractivity contribution is 6.44. The van der Waals surface area contributed by atoms with Crippen molar-refractivity contribution in [2.45, 2.75) is 37.1 Å². The molecule has 10 N–H and O–H groups in total. The molecule has 3 aromatic rings. The number of hydrogen-bond donors (Lipinski definition) is 8. The normalized spacial score (nSPS) is 17.8. The molecule has 15 nitrogen and oxygen atoms in total. The molecule has 260 valence electrons. The second-order valence-corrected chi connectivity index (χ2v) is 13.0. The van der Waals surface area contributed by atoms with Gasteiger partial charge in [0, 0.05) is 12.7 Å². The molecule has 1 aliphatic heterocycles. The number of amidine groups is 1. The summed E-state index contributed by atoms with van der Waals surface area (Å²) in [6, 6.07) is 7.88. The van der Waals surface area contributed by atoms with E-state index in [9.17, 15) is 15.3 Å². The summed E-state index contributed by atoms with van der Waals surface area (Å²) in [5.74, 6) is 0.236. The van der Waals surface area contributed by atoms with Gasteiger partial charge in [-0.05, 0) is 43.2 Å². The molecule has 0 aliphatic carbocycles. The molecule has 3 unspecified atom stereocenters. The summed E-state index contributed by atoms with van der Waals surface area (Å²) < 4.78 is 11.7. The number of nitrogen functional groups attached to an aromatic ring is 1. The maximum atomic E-state index is 10.3. The molecule has 4 rings (SSSR count). The first kappa shape index (κ1) is 37.7. The molecular weight excluding hydrogens is 710 g/mol. The molecular formula is C29H36Cl4N10O5. The summed E-state index contributed by atoms with van der Waals surface area (Å²) in [7, 11) is 1.50. The van der Waals surface area contributed by atoms with Gasteiger partial charge in [0.2, 0.25) is 11.9 Å². The summed E-state index contributed by atoms with van der Waals surface area (Å²) in [4.78, 5) is 13.1. The van der Waals surface area contributed by atoms with Gasteiger partial charge in [-0.3, -0.25) is 5.43 Å². The molecule has 0 amide bonds. The van der Waals surface area contributed by atoms with Crippen LogP contribution >= 0.6 is 46.4 Å². The van der Waals surface area contributed by atoms with Crippen LogP contribution in [-0.2, 0) is 9.47 Å². The first-order valence-electron chi connectivity index (χ1n) is 14.4. The van der Waals surface area contributed by atoms with Gasteiger partial charge in [-0.15, -0.1) is 10.2 Å². The number of aliphatic hydroxyl groups is 3. The number of hydrogen-bond acceptors (Lipinski definition) is 13. The number of hydrazine groups is 1. The molecule has 0 fully saturated rings. The van der Waals surface area contributed by atoms with Crippen LogP contribution in [0.5, 0.6) is 0 Å². The number of ether oxygens (including phenoxy) is 2. The minimum atomic E-state index is -1.18. The van der Waals surface area contributed by atoms with E-state index in [1.54, 1.807) is 44.2 Å². The third kappa shape index (κ3) is 8.73. The quantitative estimate of drug-likeness (QED) is 0.119. The second-order valence-electron chi connectivity index (χ2n) is 11.5. The van der Waals surface area contributed by atoms with E-state index in [-0.39, 0.29) is 52.5 Å². The fraction of sp³-hybridized carbons (Fsp3) is 0.414. The first-order chi connectivity index (χ1) is 22.8. The van der Waals surface area contributed by atoms with Gasteiger partial charge < -0.3 is 41.6 Å². The Morgan fingerprint density at radius 1 is 1.02 bits per heavy atom. The number of nitrogens with zero attached hydrogens (tertiary/aromatic N) is 5. The van der Waals surface area contributed by atoms with E-state index < -0.39 is 43.0 Å². The Kier molecular flexibility index (Phi) is 12.6. The van der Waals surface area contributed by atoms with Crippen LogP contribution in [-0.4, -0.2) is 93.5 Å². The van der Waals surface area contributed by atoms with Gasteiger partial charge in [-0.1, -0.05) is 58.5 Å². The Morgan fingerprint density at radius 3 is 2.38 bits per heavy atom. The lowest BCUT2D eigenvalue weighted by atomic mass is 10.0. The number of rotatable bonds is 14. The Bertz CT molecular complexity index is 1680. The Balaban J connectivity index is 1.57. The van der Waals surface area contributed by atoms with Crippen molar-refractivity contribution in [1.82, 2.24) is 26.0 Å². The topological polar surface area (TPSA) is 231 Å². The van der Waals surface area contributed by atoms with Crippen molar-refractivity contribution in [2.24, 2.45) is 15.7 Å². The molecule has 48 heavy (non-hydrogen) atoms. The molecule has 19 heteroatoms. The van der Waals surface area contributed by atoms with Crippen molar-refractivity contribution in [3.8, 4) is 11.3 Å². The Hall–Kier alpha value is -3.09. The average molecular weight is 746 g/mol. The average Bonchev–Trinajstić information content (AvgIpc) is 3.06. The number of benzene rings is 2. The van der Waals surface area contributed by atoms with Crippen LogP contribution in [0.25, 0.3) is 11.3 Å².